The largest absolute Gasteiger partial charge is 0.444 e. The molecule has 0 atom stereocenters. The Morgan fingerprint density at radius 2 is 1.28 bits per heavy atom. The highest BCUT2D eigenvalue weighted by Crippen LogP contribution is 2.12. The molecule has 0 fully saturated rings. The molecule has 0 spiro atoms. The van der Waals surface area contributed by atoms with Gasteiger partial charge in [-0.1, -0.05) is 11.6 Å². The van der Waals surface area contributed by atoms with Gasteiger partial charge in [-0.2, -0.15) is 4.98 Å². The SMILES string of the molecule is CC(C)(C)OC(=O)NCCN.CC(C)(C)OC(=O)NCCNc1nc(Cl)ncc1F.Fc1cnc(Cl)nc1Cl. The van der Waals surface area contributed by atoms with Gasteiger partial charge >= 0.3 is 12.2 Å². The van der Waals surface area contributed by atoms with Crippen molar-refractivity contribution in [1.29, 1.82) is 0 Å². The predicted molar refractivity (Wildman–Crippen MR) is 145 cm³/mol. The van der Waals surface area contributed by atoms with Crippen molar-refractivity contribution in [2.45, 2.75) is 52.7 Å². The number of nitrogens with one attached hydrogen (secondary N) is 3. The van der Waals surface area contributed by atoms with Crippen molar-refractivity contribution in [1.82, 2.24) is 30.6 Å². The summed E-state index contributed by atoms with van der Waals surface area (Å²) in [6, 6.07) is 0. The molecule has 39 heavy (non-hydrogen) atoms. The van der Waals surface area contributed by atoms with E-state index >= 15 is 0 Å². The smallest absolute Gasteiger partial charge is 0.407 e. The Bertz CT molecular complexity index is 1060. The third kappa shape index (κ3) is 19.9. The minimum atomic E-state index is -0.666. The van der Waals surface area contributed by atoms with Gasteiger partial charge in [-0.25, -0.2) is 33.3 Å². The zero-order valence-electron chi connectivity index (χ0n) is 22.4. The fourth-order valence-corrected chi connectivity index (χ4v) is 2.38. The van der Waals surface area contributed by atoms with Gasteiger partial charge in [0.25, 0.3) is 0 Å². The molecule has 2 rings (SSSR count). The number of carbonyl (C=O) groups is 2. The number of aromatic nitrogens is 4. The van der Waals surface area contributed by atoms with Crippen molar-refractivity contribution in [3.05, 3.63) is 39.7 Å². The lowest BCUT2D eigenvalue weighted by molar-refractivity contribution is 0.0518. The number of anilines is 1. The molecular formula is C22H33Cl3F2N8O4. The van der Waals surface area contributed by atoms with Gasteiger partial charge in [0, 0.05) is 26.2 Å². The minimum absolute atomic E-state index is 0.00834. The van der Waals surface area contributed by atoms with Gasteiger partial charge in [0.15, 0.2) is 22.6 Å². The van der Waals surface area contributed by atoms with E-state index in [-0.39, 0.29) is 34.6 Å². The van der Waals surface area contributed by atoms with Crippen LogP contribution in [0.5, 0.6) is 0 Å². The molecule has 12 nitrogen and oxygen atoms in total. The molecule has 2 heterocycles. The highest BCUT2D eigenvalue weighted by molar-refractivity contribution is 6.31. The molecule has 0 aliphatic carbocycles. The molecule has 0 aromatic carbocycles. The van der Waals surface area contributed by atoms with Crippen LogP contribution in [0.1, 0.15) is 41.5 Å². The lowest BCUT2D eigenvalue weighted by Crippen LogP contribution is -2.35. The molecule has 2 aromatic heterocycles. The van der Waals surface area contributed by atoms with Crippen LogP contribution in [0.25, 0.3) is 0 Å². The number of hydrogen-bond donors (Lipinski definition) is 4. The number of hydrogen-bond acceptors (Lipinski definition) is 10. The maximum absolute atomic E-state index is 13.2. The summed E-state index contributed by atoms with van der Waals surface area (Å²) in [4.78, 5) is 35.9. The van der Waals surface area contributed by atoms with Crippen molar-refractivity contribution in [2.24, 2.45) is 5.73 Å². The van der Waals surface area contributed by atoms with E-state index in [0.29, 0.717) is 13.1 Å². The summed E-state index contributed by atoms with van der Waals surface area (Å²) in [5, 5.41) is 7.35. The standard InChI is InChI=1S/C11H16ClFN4O2.C7H16N2O2.C4HCl2FN2/c1-11(2,3)19-10(18)15-5-4-14-8-7(13)6-16-9(12)17-8;1-7(2,3)11-6(10)9-5-4-8;5-3-2(7)1-8-4(6)9-3/h6H,4-5H2,1-3H3,(H,15,18)(H,14,16,17);4-5,8H2,1-3H3,(H,9,10);1H. The van der Waals surface area contributed by atoms with Crippen molar-refractivity contribution >= 4 is 52.8 Å². The van der Waals surface area contributed by atoms with Gasteiger partial charge < -0.3 is 31.2 Å². The van der Waals surface area contributed by atoms with E-state index in [1.165, 1.54) is 0 Å². The molecule has 0 radical (unpaired) electrons. The van der Waals surface area contributed by atoms with Crippen molar-refractivity contribution in [3.63, 3.8) is 0 Å². The second-order valence-corrected chi connectivity index (χ2v) is 10.2. The molecule has 0 saturated heterocycles. The Morgan fingerprint density at radius 3 is 1.72 bits per heavy atom. The summed E-state index contributed by atoms with van der Waals surface area (Å²) in [6.07, 6.45) is 0.940. The maximum Gasteiger partial charge on any atom is 0.407 e. The minimum Gasteiger partial charge on any atom is -0.444 e. The van der Waals surface area contributed by atoms with E-state index in [0.717, 1.165) is 12.4 Å². The first-order chi connectivity index (χ1) is 17.9. The molecule has 0 aliphatic heterocycles. The van der Waals surface area contributed by atoms with Crippen LogP contribution in [0.3, 0.4) is 0 Å². The second-order valence-electron chi connectivity index (χ2n) is 9.19. The van der Waals surface area contributed by atoms with E-state index in [2.05, 4.69) is 35.9 Å². The zero-order chi connectivity index (χ0) is 30.2. The number of amides is 2. The number of halogens is 5. The molecule has 0 aliphatic rings. The van der Waals surface area contributed by atoms with Crippen LogP contribution >= 0.6 is 34.8 Å². The van der Waals surface area contributed by atoms with Crippen LogP contribution in [0.15, 0.2) is 12.4 Å². The van der Waals surface area contributed by atoms with Crippen LogP contribution in [0.2, 0.25) is 15.7 Å². The molecule has 220 valence electrons. The maximum atomic E-state index is 13.2. The Kier molecular flexibility index (Phi) is 16.4. The third-order valence-electron chi connectivity index (χ3n) is 3.28. The van der Waals surface area contributed by atoms with Gasteiger partial charge in [-0.3, -0.25) is 0 Å². The molecule has 17 heteroatoms. The first-order valence-electron chi connectivity index (χ1n) is 11.3. The number of carbonyl (C=O) groups excluding carboxylic acids is 2. The van der Waals surface area contributed by atoms with Crippen molar-refractivity contribution < 1.29 is 27.8 Å². The number of nitrogens with zero attached hydrogens (tertiary/aromatic N) is 4. The van der Waals surface area contributed by atoms with E-state index in [1.54, 1.807) is 20.8 Å². The Balaban J connectivity index is 0.000000611. The summed E-state index contributed by atoms with van der Waals surface area (Å²) >= 11 is 16.0. The molecule has 0 bridgehead atoms. The van der Waals surface area contributed by atoms with Gasteiger partial charge in [-0.15, -0.1) is 0 Å². The number of alkyl carbamates (subject to hydrolysis) is 2. The van der Waals surface area contributed by atoms with Gasteiger partial charge in [0.1, 0.15) is 11.2 Å². The normalized spacial score (nSPS) is 10.7. The number of ether oxygens (including phenoxy) is 2. The quantitative estimate of drug-likeness (QED) is 0.204. The summed E-state index contributed by atoms with van der Waals surface area (Å²) in [5.41, 5.74) is 4.19. The predicted octanol–water partition coefficient (Wildman–Crippen LogP) is 4.60. The van der Waals surface area contributed by atoms with Crippen molar-refractivity contribution in [2.75, 3.05) is 31.5 Å². The topological polar surface area (TPSA) is 166 Å². The number of nitrogens with two attached hydrogens (primary N) is 1. The van der Waals surface area contributed by atoms with E-state index in [1.807, 2.05) is 20.8 Å². The Hall–Kier alpha value is -2.81. The van der Waals surface area contributed by atoms with Gasteiger partial charge in [0.05, 0.1) is 12.4 Å². The fraction of sp³-hybridized carbons (Fsp3) is 0.545. The summed E-state index contributed by atoms with van der Waals surface area (Å²) in [7, 11) is 0. The molecule has 0 unspecified atom stereocenters. The Morgan fingerprint density at radius 1 is 0.821 bits per heavy atom. The Labute approximate surface area is 240 Å². The number of rotatable bonds is 6. The summed E-state index contributed by atoms with van der Waals surface area (Å²) in [6.45, 7) is 12.2. The lowest BCUT2D eigenvalue weighted by atomic mass is 10.2. The average Bonchev–Trinajstić information content (AvgIpc) is 2.79. The molecule has 0 saturated carbocycles. The third-order valence-corrected chi connectivity index (χ3v) is 3.91. The molecule has 5 N–H and O–H groups in total. The molecule has 2 aromatic rings. The average molecular weight is 618 g/mol. The molecular weight excluding hydrogens is 585 g/mol. The van der Waals surface area contributed by atoms with Gasteiger partial charge in [-0.05, 0) is 64.7 Å². The highest BCUT2D eigenvalue weighted by atomic mass is 35.5. The molecule has 2 amide bonds. The fourth-order valence-electron chi connectivity index (χ4n) is 1.94. The zero-order valence-corrected chi connectivity index (χ0v) is 24.6. The second kappa shape index (κ2) is 17.7. The first kappa shape index (κ1) is 36.2. The van der Waals surface area contributed by atoms with E-state index < -0.39 is 35.0 Å². The van der Waals surface area contributed by atoms with Crippen molar-refractivity contribution in [3.8, 4) is 0 Å². The van der Waals surface area contributed by atoms with Crippen LogP contribution in [0, 0.1) is 11.6 Å². The first-order valence-corrected chi connectivity index (χ1v) is 12.5. The van der Waals surface area contributed by atoms with Gasteiger partial charge in [0.2, 0.25) is 10.6 Å². The van der Waals surface area contributed by atoms with Crippen LogP contribution < -0.4 is 21.7 Å². The summed E-state index contributed by atoms with van der Waals surface area (Å²) in [5.74, 6) is -1.28. The lowest BCUT2D eigenvalue weighted by Gasteiger charge is -2.19. The summed E-state index contributed by atoms with van der Waals surface area (Å²) < 4.78 is 35.4. The van der Waals surface area contributed by atoms with E-state index in [9.17, 15) is 18.4 Å². The monoisotopic (exact) mass is 616 g/mol. The van der Waals surface area contributed by atoms with Crippen LogP contribution in [0.4, 0.5) is 24.2 Å². The van der Waals surface area contributed by atoms with Crippen LogP contribution in [-0.4, -0.2) is 69.5 Å². The van der Waals surface area contributed by atoms with Crippen LogP contribution in [-0.2, 0) is 9.47 Å². The highest BCUT2D eigenvalue weighted by Gasteiger charge is 2.16. The van der Waals surface area contributed by atoms with E-state index in [4.69, 9.17) is 50.0 Å².